The van der Waals surface area contributed by atoms with Crippen LogP contribution in [0.15, 0.2) is 6.07 Å². The first-order chi connectivity index (χ1) is 5.16. The molecule has 0 atom stereocenters. The van der Waals surface area contributed by atoms with E-state index in [0.29, 0.717) is 15.8 Å². The zero-order chi connectivity index (χ0) is 8.43. The zero-order valence-corrected chi connectivity index (χ0v) is 9.29. The minimum Gasteiger partial charge on any atom is -0.494 e. The fourth-order valence-electron chi connectivity index (χ4n) is 0.647. The molecule has 4 heteroatoms. The van der Waals surface area contributed by atoms with Crippen LogP contribution in [0.5, 0.6) is 5.75 Å². The number of ether oxygens (including phenoxy) is 1. The summed E-state index contributed by atoms with van der Waals surface area (Å²) in [6, 6.07) is 4.52. The summed E-state index contributed by atoms with van der Waals surface area (Å²) in [6.07, 6.45) is 0. The molecule has 0 aliphatic rings. The molecule has 1 aromatic carbocycles. The summed E-state index contributed by atoms with van der Waals surface area (Å²) < 4.78 is 5.78. The predicted molar refractivity (Wildman–Crippen MR) is 54.6 cm³/mol. The van der Waals surface area contributed by atoms with E-state index in [9.17, 15) is 0 Å². The summed E-state index contributed by atoms with van der Waals surface area (Å²) >= 11 is 13.7. The minimum absolute atomic E-state index is 0.484. The van der Waals surface area contributed by atoms with Gasteiger partial charge >= 0.3 is 0 Å². The van der Waals surface area contributed by atoms with Crippen LogP contribution in [0, 0.1) is 9.64 Å². The Hall–Kier alpha value is 0.330. The lowest BCUT2D eigenvalue weighted by molar-refractivity contribution is 0.415. The summed E-state index contributed by atoms with van der Waals surface area (Å²) in [5.41, 5.74) is 0. The van der Waals surface area contributed by atoms with Crippen molar-refractivity contribution in [1.29, 1.82) is 0 Å². The second-order valence-corrected chi connectivity index (χ2v) is 3.66. The molecule has 0 amide bonds. The monoisotopic (exact) mass is 301 g/mol. The summed E-state index contributed by atoms with van der Waals surface area (Å²) in [4.78, 5) is 0. The Balaban J connectivity index is 3.29. The molecular formula is C7H4Cl2IO. The Morgan fingerprint density at radius 2 is 2.18 bits per heavy atom. The van der Waals surface area contributed by atoms with Gasteiger partial charge < -0.3 is 4.74 Å². The predicted octanol–water partition coefficient (Wildman–Crippen LogP) is 3.41. The quantitative estimate of drug-likeness (QED) is 0.570. The molecule has 0 aliphatic heterocycles. The largest absolute Gasteiger partial charge is 0.494 e. The van der Waals surface area contributed by atoms with Crippen LogP contribution in [0.25, 0.3) is 0 Å². The van der Waals surface area contributed by atoms with E-state index in [-0.39, 0.29) is 0 Å². The number of hydrogen-bond donors (Lipinski definition) is 0. The molecule has 0 aliphatic carbocycles. The summed E-state index contributed by atoms with van der Waals surface area (Å²) in [7, 11) is 1.53. The third-order valence-corrected chi connectivity index (χ3v) is 2.95. The van der Waals surface area contributed by atoms with E-state index in [1.165, 1.54) is 7.11 Å². The van der Waals surface area contributed by atoms with Gasteiger partial charge in [0.25, 0.3) is 0 Å². The molecule has 0 saturated heterocycles. The number of methoxy groups -OCH3 is 1. The molecule has 11 heavy (non-hydrogen) atoms. The molecule has 1 nitrogen and oxygen atoms in total. The lowest BCUT2D eigenvalue weighted by atomic mass is 10.3. The Morgan fingerprint density at radius 3 is 2.64 bits per heavy atom. The molecule has 0 spiro atoms. The van der Waals surface area contributed by atoms with E-state index >= 15 is 0 Å². The van der Waals surface area contributed by atoms with Crippen molar-refractivity contribution in [3.8, 4) is 5.75 Å². The van der Waals surface area contributed by atoms with Crippen molar-refractivity contribution in [3.05, 3.63) is 25.7 Å². The van der Waals surface area contributed by atoms with Gasteiger partial charge in [-0.15, -0.1) is 0 Å². The smallest absolute Gasteiger partial charge is 0.157 e. The summed E-state index contributed by atoms with van der Waals surface area (Å²) in [5.74, 6) is 0.511. The standard InChI is InChI=1S/C7H4Cl2IO/c1-11-7-4(8)2-3-5(10)6(7)9/h2H,1H3. The van der Waals surface area contributed by atoms with Gasteiger partial charge in [0, 0.05) is 3.57 Å². The molecule has 59 valence electrons. The molecule has 0 unspecified atom stereocenters. The van der Waals surface area contributed by atoms with Crippen LogP contribution in [0.3, 0.4) is 0 Å². The molecule has 0 heterocycles. The molecule has 1 radical (unpaired) electrons. The van der Waals surface area contributed by atoms with Gasteiger partial charge in [0.15, 0.2) is 5.75 Å². The number of rotatable bonds is 1. The topological polar surface area (TPSA) is 9.23 Å². The first-order valence-corrected chi connectivity index (χ1v) is 4.59. The van der Waals surface area contributed by atoms with E-state index < -0.39 is 0 Å². The van der Waals surface area contributed by atoms with Gasteiger partial charge in [-0.1, -0.05) is 23.2 Å². The maximum Gasteiger partial charge on any atom is 0.157 e. The molecule has 1 aromatic rings. The highest BCUT2D eigenvalue weighted by molar-refractivity contribution is 14.1. The maximum absolute atomic E-state index is 5.85. The Bertz CT molecular complexity index is 275. The average molecular weight is 302 g/mol. The van der Waals surface area contributed by atoms with Gasteiger partial charge in [0.1, 0.15) is 0 Å². The van der Waals surface area contributed by atoms with Gasteiger partial charge in [0.05, 0.1) is 17.2 Å². The lowest BCUT2D eigenvalue weighted by Crippen LogP contribution is -1.87. The van der Waals surface area contributed by atoms with Gasteiger partial charge in [0.2, 0.25) is 0 Å². The molecular weight excluding hydrogens is 298 g/mol. The van der Waals surface area contributed by atoms with Crippen molar-refractivity contribution in [2.75, 3.05) is 7.11 Å². The third-order valence-electron chi connectivity index (χ3n) is 1.14. The number of halogens is 3. The van der Waals surface area contributed by atoms with Crippen molar-refractivity contribution in [1.82, 2.24) is 0 Å². The Labute approximate surface area is 88.8 Å². The van der Waals surface area contributed by atoms with Gasteiger partial charge in [-0.25, -0.2) is 0 Å². The lowest BCUT2D eigenvalue weighted by Gasteiger charge is -2.05. The van der Waals surface area contributed by atoms with E-state index in [1.807, 2.05) is 0 Å². The van der Waals surface area contributed by atoms with Crippen LogP contribution < -0.4 is 4.74 Å². The summed E-state index contributed by atoms with van der Waals surface area (Å²) in [5, 5.41) is 0.999. The number of hydrogen-bond acceptors (Lipinski definition) is 1. The third kappa shape index (κ3) is 1.92. The van der Waals surface area contributed by atoms with Crippen molar-refractivity contribution >= 4 is 45.8 Å². The van der Waals surface area contributed by atoms with Crippen molar-refractivity contribution in [2.24, 2.45) is 0 Å². The van der Waals surface area contributed by atoms with Gasteiger partial charge in [-0.05, 0) is 34.7 Å². The van der Waals surface area contributed by atoms with E-state index in [4.69, 9.17) is 27.9 Å². The first-order valence-electron chi connectivity index (χ1n) is 2.76. The molecule has 0 bridgehead atoms. The molecule has 0 fully saturated rings. The Kier molecular flexibility index (Phi) is 3.28. The summed E-state index contributed by atoms with van der Waals surface area (Å²) in [6.45, 7) is 0. The molecule has 0 saturated carbocycles. The van der Waals surface area contributed by atoms with Crippen molar-refractivity contribution < 1.29 is 4.74 Å². The van der Waals surface area contributed by atoms with Crippen LogP contribution in [0.1, 0.15) is 0 Å². The fourth-order valence-corrected chi connectivity index (χ4v) is 1.56. The van der Waals surface area contributed by atoms with E-state index in [1.54, 1.807) is 6.07 Å². The highest BCUT2D eigenvalue weighted by atomic mass is 127. The molecule has 0 aromatic heterocycles. The maximum atomic E-state index is 5.85. The van der Waals surface area contributed by atoms with E-state index in [2.05, 4.69) is 28.7 Å². The van der Waals surface area contributed by atoms with Crippen LogP contribution in [-0.4, -0.2) is 7.11 Å². The second-order valence-electron chi connectivity index (χ2n) is 1.80. The van der Waals surface area contributed by atoms with Gasteiger partial charge in [-0.3, -0.25) is 0 Å². The Morgan fingerprint density at radius 1 is 1.55 bits per heavy atom. The molecule has 0 N–H and O–H groups in total. The van der Waals surface area contributed by atoms with Crippen molar-refractivity contribution in [3.63, 3.8) is 0 Å². The van der Waals surface area contributed by atoms with Crippen molar-refractivity contribution in [2.45, 2.75) is 0 Å². The average Bonchev–Trinajstić information content (AvgIpc) is 1.99. The highest BCUT2D eigenvalue weighted by Gasteiger charge is 2.08. The van der Waals surface area contributed by atoms with Crippen LogP contribution >= 0.6 is 45.8 Å². The first kappa shape index (κ1) is 9.42. The fraction of sp³-hybridized carbons (Fsp3) is 0.143. The van der Waals surface area contributed by atoms with Crippen LogP contribution in [0.4, 0.5) is 0 Å². The second kappa shape index (κ2) is 3.83. The highest BCUT2D eigenvalue weighted by Crippen LogP contribution is 2.35. The normalized spacial score (nSPS) is 9.82. The minimum atomic E-state index is 0.484. The zero-order valence-electron chi connectivity index (χ0n) is 5.62. The SMILES string of the molecule is COc1c(Cl)c[c]c(I)c1Cl. The number of benzene rings is 1. The van der Waals surface area contributed by atoms with Gasteiger partial charge in [-0.2, -0.15) is 0 Å². The van der Waals surface area contributed by atoms with E-state index in [0.717, 1.165) is 3.57 Å². The van der Waals surface area contributed by atoms with Crippen LogP contribution in [0.2, 0.25) is 10.0 Å². The molecule has 1 rings (SSSR count). The van der Waals surface area contributed by atoms with Crippen LogP contribution in [-0.2, 0) is 0 Å².